The summed E-state index contributed by atoms with van der Waals surface area (Å²) in [4.78, 5) is 11.5. The van der Waals surface area contributed by atoms with Crippen molar-refractivity contribution >= 4 is 12.2 Å². The molecule has 2 aromatic rings. The second-order valence-electron chi connectivity index (χ2n) is 3.95. The predicted molar refractivity (Wildman–Crippen MR) is 65.7 cm³/mol. The Morgan fingerprint density at radius 1 is 1.31 bits per heavy atom. The van der Waals surface area contributed by atoms with E-state index in [1.807, 2.05) is 24.3 Å². The summed E-state index contributed by atoms with van der Waals surface area (Å²) < 4.78 is 1.83. The molecule has 0 aliphatic carbocycles. The Labute approximate surface area is 97.9 Å². The quantitative estimate of drug-likeness (QED) is 0.785. The molecule has 0 aliphatic heterocycles. The molecule has 0 aliphatic rings. The van der Waals surface area contributed by atoms with Gasteiger partial charge in [0.25, 0.3) is 0 Å². The summed E-state index contributed by atoms with van der Waals surface area (Å²) in [6.07, 6.45) is 0. The first kappa shape index (κ1) is 10.9. The second-order valence-corrected chi connectivity index (χ2v) is 4.33. The van der Waals surface area contributed by atoms with Crippen molar-refractivity contribution in [2.45, 2.75) is 19.8 Å². The van der Waals surface area contributed by atoms with Crippen molar-refractivity contribution in [1.82, 2.24) is 14.8 Å². The van der Waals surface area contributed by atoms with Gasteiger partial charge < -0.3 is 0 Å². The van der Waals surface area contributed by atoms with Crippen LogP contribution in [0.15, 0.2) is 29.1 Å². The summed E-state index contributed by atoms with van der Waals surface area (Å²) in [6, 6.07) is 7.81. The first-order valence-electron chi connectivity index (χ1n) is 5.09. The second kappa shape index (κ2) is 4.09. The zero-order valence-electron chi connectivity index (χ0n) is 9.15. The Hall–Kier alpha value is -1.62. The molecule has 0 fully saturated rings. The highest BCUT2D eigenvalue weighted by molar-refractivity contribution is 7.71. The molecule has 0 bridgehead atoms. The lowest BCUT2D eigenvalue weighted by Gasteiger charge is -2.07. The molecule has 0 radical (unpaired) electrons. The Morgan fingerprint density at radius 2 is 2.06 bits per heavy atom. The minimum atomic E-state index is -0.245. The Morgan fingerprint density at radius 3 is 2.62 bits per heavy atom. The van der Waals surface area contributed by atoms with E-state index >= 15 is 0 Å². The number of hydrogen-bond donors (Lipinski definition) is 2. The van der Waals surface area contributed by atoms with Gasteiger partial charge >= 0.3 is 5.69 Å². The molecule has 0 unspecified atom stereocenters. The van der Waals surface area contributed by atoms with E-state index in [0.717, 1.165) is 5.69 Å². The van der Waals surface area contributed by atoms with Crippen LogP contribution in [-0.4, -0.2) is 14.8 Å². The lowest BCUT2D eigenvalue weighted by molar-refractivity contribution is 0.860. The Bertz CT molecular complexity index is 578. The summed E-state index contributed by atoms with van der Waals surface area (Å²) in [5.41, 5.74) is 1.73. The monoisotopic (exact) mass is 235 g/mol. The number of aromatic amines is 2. The fourth-order valence-electron chi connectivity index (χ4n) is 1.57. The maximum atomic E-state index is 11.5. The molecule has 2 rings (SSSR count). The van der Waals surface area contributed by atoms with Gasteiger partial charge in [0.15, 0.2) is 0 Å². The summed E-state index contributed by atoms with van der Waals surface area (Å²) in [5, 5.41) is 5.09. The highest BCUT2D eigenvalue weighted by Crippen LogP contribution is 2.17. The van der Waals surface area contributed by atoms with E-state index in [-0.39, 0.29) is 5.69 Å². The number of nitrogens with one attached hydrogen (secondary N) is 2. The van der Waals surface area contributed by atoms with Gasteiger partial charge in [-0.2, -0.15) is 0 Å². The van der Waals surface area contributed by atoms with Crippen molar-refractivity contribution in [1.29, 1.82) is 0 Å². The van der Waals surface area contributed by atoms with E-state index in [2.05, 4.69) is 24.0 Å². The molecular weight excluding hydrogens is 222 g/mol. The Balaban J connectivity index is 2.61. The number of hydrogen-bond acceptors (Lipinski definition) is 2. The van der Waals surface area contributed by atoms with E-state index in [0.29, 0.717) is 10.7 Å². The van der Waals surface area contributed by atoms with Crippen molar-refractivity contribution in [3.63, 3.8) is 0 Å². The summed E-state index contributed by atoms with van der Waals surface area (Å²) in [7, 11) is 0. The minimum absolute atomic E-state index is 0.245. The zero-order chi connectivity index (χ0) is 11.7. The van der Waals surface area contributed by atoms with Gasteiger partial charge in [-0.05, 0) is 35.8 Å². The fraction of sp³-hybridized carbons (Fsp3) is 0.273. The molecule has 0 atom stereocenters. The molecule has 2 N–H and O–H groups in total. The van der Waals surface area contributed by atoms with Crippen LogP contribution in [0.5, 0.6) is 0 Å². The van der Waals surface area contributed by atoms with Crippen LogP contribution in [0.4, 0.5) is 0 Å². The van der Waals surface area contributed by atoms with Gasteiger partial charge in [0.2, 0.25) is 4.77 Å². The lowest BCUT2D eigenvalue weighted by Crippen LogP contribution is -2.15. The summed E-state index contributed by atoms with van der Waals surface area (Å²) in [6.45, 7) is 4.22. The minimum Gasteiger partial charge on any atom is -0.272 e. The molecule has 84 valence electrons. The van der Waals surface area contributed by atoms with Crippen LogP contribution in [0.1, 0.15) is 25.3 Å². The lowest BCUT2D eigenvalue weighted by atomic mass is 10.0. The molecule has 0 amide bonds. The van der Waals surface area contributed by atoms with Crippen molar-refractivity contribution in [2.24, 2.45) is 0 Å². The molecule has 5 heteroatoms. The van der Waals surface area contributed by atoms with Crippen LogP contribution in [0.2, 0.25) is 0 Å². The third-order valence-electron chi connectivity index (χ3n) is 2.48. The highest BCUT2D eigenvalue weighted by Gasteiger charge is 2.05. The fourth-order valence-corrected chi connectivity index (χ4v) is 1.81. The van der Waals surface area contributed by atoms with E-state index in [1.54, 1.807) is 0 Å². The molecular formula is C11H13N3OS. The third kappa shape index (κ3) is 1.86. The SMILES string of the molecule is CC(C)c1cccc(-n2c(=O)[nH][nH]c2=S)c1. The van der Waals surface area contributed by atoms with Crippen molar-refractivity contribution in [3.05, 3.63) is 45.1 Å². The number of benzene rings is 1. The van der Waals surface area contributed by atoms with Gasteiger partial charge in [0.05, 0.1) is 5.69 Å². The summed E-state index contributed by atoms with van der Waals surface area (Å²) >= 11 is 5.04. The molecule has 1 heterocycles. The highest BCUT2D eigenvalue weighted by atomic mass is 32.1. The average molecular weight is 235 g/mol. The van der Waals surface area contributed by atoms with Crippen LogP contribution >= 0.6 is 12.2 Å². The molecule has 0 spiro atoms. The standard InChI is InChI=1S/C11H13N3OS/c1-7(2)8-4-3-5-9(6-8)14-10(15)12-13-11(14)16/h3-7H,1-2H3,(H,12,15)(H,13,16). The maximum absolute atomic E-state index is 11.5. The smallest absolute Gasteiger partial charge is 0.272 e. The molecule has 0 saturated carbocycles. The number of H-pyrrole nitrogens is 2. The largest absolute Gasteiger partial charge is 0.347 e. The average Bonchev–Trinajstić information content (AvgIpc) is 2.59. The van der Waals surface area contributed by atoms with E-state index in [4.69, 9.17) is 12.2 Å². The summed E-state index contributed by atoms with van der Waals surface area (Å²) in [5.74, 6) is 0.423. The van der Waals surface area contributed by atoms with E-state index in [9.17, 15) is 4.79 Å². The van der Waals surface area contributed by atoms with Crippen LogP contribution in [0, 0.1) is 4.77 Å². The number of rotatable bonds is 2. The molecule has 4 nitrogen and oxygen atoms in total. The topological polar surface area (TPSA) is 53.6 Å². The first-order chi connectivity index (χ1) is 7.59. The van der Waals surface area contributed by atoms with Gasteiger partial charge in [-0.3, -0.25) is 5.10 Å². The van der Waals surface area contributed by atoms with Gasteiger partial charge in [-0.1, -0.05) is 26.0 Å². The molecule has 1 aromatic heterocycles. The van der Waals surface area contributed by atoms with E-state index in [1.165, 1.54) is 10.1 Å². The van der Waals surface area contributed by atoms with Crippen LogP contribution in [0.3, 0.4) is 0 Å². The van der Waals surface area contributed by atoms with E-state index < -0.39 is 0 Å². The van der Waals surface area contributed by atoms with Crippen molar-refractivity contribution in [2.75, 3.05) is 0 Å². The van der Waals surface area contributed by atoms with Crippen LogP contribution in [-0.2, 0) is 0 Å². The third-order valence-corrected chi connectivity index (χ3v) is 2.76. The molecule has 0 saturated heterocycles. The van der Waals surface area contributed by atoms with Gasteiger partial charge in [0, 0.05) is 0 Å². The number of nitrogens with zero attached hydrogens (tertiary/aromatic N) is 1. The number of aromatic nitrogens is 3. The van der Waals surface area contributed by atoms with Crippen LogP contribution in [0.25, 0.3) is 5.69 Å². The van der Waals surface area contributed by atoms with Crippen LogP contribution < -0.4 is 5.69 Å². The maximum Gasteiger partial charge on any atom is 0.347 e. The van der Waals surface area contributed by atoms with Crippen molar-refractivity contribution < 1.29 is 0 Å². The van der Waals surface area contributed by atoms with Gasteiger partial charge in [-0.25, -0.2) is 14.5 Å². The molecule has 16 heavy (non-hydrogen) atoms. The zero-order valence-corrected chi connectivity index (χ0v) is 9.97. The van der Waals surface area contributed by atoms with Crippen molar-refractivity contribution in [3.8, 4) is 5.69 Å². The normalized spacial score (nSPS) is 10.9. The Kier molecular flexibility index (Phi) is 2.78. The predicted octanol–water partition coefficient (Wildman–Crippen LogP) is 2.35. The first-order valence-corrected chi connectivity index (χ1v) is 5.50. The molecule has 1 aromatic carbocycles. The van der Waals surface area contributed by atoms with Gasteiger partial charge in [-0.15, -0.1) is 0 Å². The van der Waals surface area contributed by atoms with Gasteiger partial charge in [0.1, 0.15) is 0 Å².